The van der Waals surface area contributed by atoms with Crippen LogP contribution in [0.25, 0.3) is 0 Å². The third-order valence-electron chi connectivity index (χ3n) is 4.33. The van der Waals surface area contributed by atoms with E-state index in [9.17, 15) is 9.59 Å². The van der Waals surface area contributed by atoms with Crippen LogP contribution in [-0.2, 0) is 0 Å². The number of rotatable bonds is 10. The molecule has 0 aliphatic rings. The van der Waals surface area contributed by atoms with Crippen molar-refractivity contribution in [1.29, 1.82) is 0 Å². The quantitative estimate of drug-likeness (QED) is 0.331. The molecule has 0 heterocycles. The summed E-state index contributed by atoms with van der Waals surface area (Å²) < 4.78 is 0.944. The fourth-order valence-corrected chi connectivity index (χ4v) is 3.05. The van der Waals surface area contributed by atoms with Crippen molar-refractivity contribution >= 4 is 27.5 Å². The van der Waals surface area contributed by atoms with E-state index in [1.54, 1.807) is 36.4 Å². The average Bonchev–Trinajstić information content (AvgIpc) is 2.64. The monoisotopic (exact) mass is 400 g/mol. The number of unbranched alkanes of at least 4 members (excludes halogenated alkanes) is 5. The van der Waals surface area contributed by atoms with Crippen molar-refractivity contribution in [1.82, 2.24) is 0 Å². The standard InChI is InChI=1S/C22H25BrO2/c1-2-3-4-5-6-7-8-21(24)17-9-11-18(12-10-17)22(25)19-13-15-20(23)16-14-19/h9-16H,2-8H2,1H3. The number of Topliss-reactive ketones (excluding diaryl/α,β-unsaturated/α-hetero) is 1. The lowest BCUT2D eigenvalue weighted by atomic mass is 9.99. The van der Waals surface area contributed by atoms with Crippen LogP contribution in [0.2, 0.25) is 0 Å². The van der Waals surface area contributed by atoms with Crippen molar-refractivity contribution in [2.75, 3.05) is 0 Å². The minimum absolute atomic E-state index is 0.0255. The summed E-state index contributed by atoms with van der Waals surface area (Å²) in [4.78, 5) is 24.7. The van der Waals surface area contributed by atoms with Crippen LogP contribution in [0.5, 0.6) is 0 Å². The van der Waals surface area contributed by atoms with Crippen molar-refractivity contribution in [3.8, 4) is 0 Å². The number of carbonyl (C=O) groups excluding carboxylic acids is 2. The van der Waals surface area contributed by atoms with Crippen LogP contribution < -0.4 is 0 Å². The van der Waals surface area contributed by atoms with Gasteiger partial charge in [-0.15, -0.1) is 0 Å². The molecule has 0 amide bonds. The van der Waals surface area contributed by atoms with Crippen molar-refractivity contribution in [2.45, 2.75) is 51.9 Å². The van der Waals surface area contributed by atoms with E-state index in [2.05, 4.69) is 22.9 Å². The molecule has 132 valence electrons. The Kier molecular flexibility index (Phi) is 8.07. The smallest absolute Gasteiger partial charge is 0.193 e. The summed E-state index contributed by atoms with van der Waals surface area (Å²) in [5.41, 5.74) is 1.95. The molecule has 0 N–H and O–H groups in total. The number of halogens is 1. The Hall–Kier alpha value is -1.74. The summed E-state index contributed by atoms with van der Waals surface area (Å²) in [5, 5.41) is 0. The van der Waals surface area contributed by atoms with Gasteiger partial charge in [0.2, 0.25) is 0 Å². The Labute approximate surface area is 158 Å². The Morgan fingerprint density at radius 2 is 1.20 bits per heavy atom. The van der Waals surface area contributed by atoms with E-state index < -0.39 is 0 Å². The zero-order valence-electron chi connectivity index (χ0n) is 14.8. The molecule has 2 rings (SSSR count). The first-order valence-corrected chi connectivity index (χ1v) is 9.84. The van der Waals surface area contributed by atoms with Crippen LogP contribution in [0.15, 0.2) is 53.0 Å². The molecule has 0 saturated heterocycles. The van der Waals surface area contributed by atoms with Crippen molar-refractivity contribution in [2.24, 2.45) is 0 Å². The van der Waals surface area contributed by atoms with Gasteiger partial charge in [-0.3, -0.25) is 9.59 Å². The van der Waals surface area contributed by atoms with Gasteiger partial charge in [-0.25, -0.2) is 0 Å². The van der Waals surface area contributed by atoms with E-state index in [4.69, 9.17) is 0 Å². The molecule has 0 saturated carbocycles. The van der Waals surface area contributed by atoms with E-state index in [1.165, 1.54) is 25.7 Å². The van der Waals surface area contributed by atoms with Crippen molar-refractivity contribution in [3.63, 3.8) is 0 Å². The zero-order chi connectivity index (χ0) is 18.1. The van der Waals surface area contributed by atoms with Crippen LogP contribution in [0, 0.1) is 0 Å². The SMILES string of the molecule is CCCCCCCCC(=O)c1ccc(C(=O)c2ccc(Br)cc2)cc1. The summed E-state index contributed by atoms with van der Waals surface area (Å²) in [5.74, 6) is 0.139. The number of carbonyl (C=O) groups is 2. The first-order valence-electron chi connectivity index (χ1n) is 9.05. The highest BCUT2D eigenvalue weighted by Gasteiger charge is 2.11. The molecule has 0 bridgehead atoms. The van der Waals surface area contributed by atoms with Gasteiger partial charge < -0.3 is 0 Å². The Morgan fingerprint density at radius 3 is 1.80 bits per heavy atom. The van der Waals surface area contributed by atoms with Gasteiger partial charge in [0.15, 0.2) is 11.6 Å². The highest BCUT2D eigenvalue weighted by atomic mass is 79.9. The van der Waals surface area contributed by atoms with Crippen LogP contribution in [-0.4, -0.2) is 11.6 Å². The highest BCUT2D eigenvalue weighted by molar-refractivity contribution is 9.10. The summed E-state index contributed by atoms with van der Waals surface area (Å²) in [6.45, 7) is 2.20. The molecular formula is C22H25BrO2. The molecule has 3 heteroatoms. The second-order valence-electron chi connectivity index (χ2n) is 6.35. The number of hydrogen-bond acceptors (Lipinski definition) is 2. The molecule has 0 unspecified atom stereocenters. The summed E-state index contributed by atoms with van der Waals surface area (Å²) >= 11 is 3.37. The van der Waals surface area contributed by atoms with E-state index in [1.807, 2.05) is 12.1 Å². The molecule has 0 radical (unpaired) electrons. The van der Waals surface area contributed by atoms with Gasteiger partial charge >= 0.3 is 0 Å². The van der Waals surface area contributed by atoms with Crippen LogP contribution in [0.3, 0.4) is 0 Å². The maximum absolute atomic E-state index is 12.4. The Bertz CT molecular complexity index is 687. The van der Waals surface area contributed by atoms with E-state index in [-0.39, 0.29) is 11.6 Å². The lowest BCUT2D eigenvalue weighted by Gasteiger charge is -2.05. The molecule has 25 heavy (non-hydrogen) atoms. The van der Waals surface area contributed by atoms with Crippen LogP contribution >= 0.6 is 15.9 Å². The maximum Gasteiger partial charge on any atom is 0.193 e. The number of hydrogen-bond donors (Lipinski definition) is 0. The third-order valence-corrected chi connectivity index (χ3v) is 4.86. The topological polar surface area (TPSA) is 34.1 Å². The number of benzene rings is 2. The van der Waals surface area contributed by atoms with Crippen LogP contribution in [0.4, 0.5) is 0 Å². The Morgan fingerprint density at radius 1 is 0.720 bits per heavy atom. The van der Waals surface area contributed by atoms with Gasteiger partial charge in [-0.1, -0.05) is 79.2 Å². The molecule has 2 aromatic carbocycles. The van der Waals surface area contributed by atoms with E-state index in [0.717, 1.165) is 17.3 Å². The zero-order valence-corrected chi connectivity index (χ0v) is 16.3. The lowest BCUT2D eigenvalue weighted by Crippen LogP contribution is -2.03. The number of ketones is 2. The maximum atomic E-state index is 12.4. The third kappa shape index (κ3) is 6.24. The molecule has 0 spiro atoms. The highest BCUT2D eigenvalue weighted by Crippen LogP contribution is 2.16. The molecular weight excluding hydrogens is 376 g/mol. The normalized spacial score (nSPS) is 10.6. The molecule has 0 aliphatic heterocycles. The fraction of sp³-hybridized carbons (Fsp3) is 0.364. The van der Waals surface area contributed by atoms with Crippen LogP contribution in [0.1, 0.15) is 78.1 Å². The van der Waals surface area contributed by atoms with Gasteiger partial charge in [0.1, 0.15) is 0 Å². The molecule has 2 nitrogen and oxygen atoms in total. The van der Waals surface area contributed by atoms with E-state index >= 15 is 0 Å². The van der Waals surface area contributed by atoms with Gasteiger partial charge in [0.05, 0.1) is 0 Å². The second kappa shape index (κ2) is 10.3. The summed E-state index contributed by atoms with van der Waals surface area (Å²) in [6.07, 6.45) is 7.64. The summed E-state index contributed by atoms with van der Waals surface area (Å²) in [6, 6.07) is 14.3. The molecule has 0 aliphatic carbocycles. The predicted octanol–water partition coefficient (Wildman–Crippen LogP) is 6.61. The molecule has 2 aromatic rings. The predicted molar refractivity (Wildman–Crippen MR) is 106 cm³/mol. The minimum Gasteiger partial charge on any atom is -0.294 e. The first kappa shape index (κ1) is 19.6. The van der Waals surface area contributed by atoms with Gasteiger partial charge in [-0.05, 0) is 30.7 Å². The first-order chi connectivity index (χ1) is 12.1. The van der Waals surface area contributed by atoms with Gasteiger partial charge in [0, 0.05) is 27.6 Å². The Balaban J connectivity index is 1.87. The average molecular weight is 401 g/mol. The lowest BCUT2D eigenvalue weighted by molar-refractivity contribution is 0.0977. The largest absolute Gasteiger partial charge is 0.294 e. The van der Waals surface area contributed by atoms with Crippen molar-refractivity contribution in [3.05, 3.63) is 69.7 Å². The molecule has 0 atom stereocenters. The van der Waals surface area contributed by atoms with Gasteiger partial charge in [-0.2, -0.15) is 0 Å². The molecule has 0 fully saturated rings. The fourth-order valence-electron chi connectivity index (χ4n) is 2.79. The van der Waals surface area contributed by atoms with Gasteiger partial charge in [0.25, 0.3) is 0 Å². The summed E-state index contributed by atoms with van der Waals surface area (Å²) in [7, 11) is 0. The minimum atomic E-state index is -0.0255. The molecule has 0 aromatic heterocycles. The van der Waals surface area contributed by atoms with E-state index in [0.29, 0.717) is 23.1 Å². The van der Waals surface area contributed by atoms with Crippen molar-refractivity contribution < 1.29 is 9.59 Å². The second-order valence-corrected chi connectivity index (χ2v) is 7.27.